The van der Waals surface area contributed by atoms with Crippen molar-refractivity contribution in [2.45, 2.75) is 25.8 Å². The van der Waals surface area contributed by atoms with E-state index in [1.165, 1.54) is 0 Å². The summed E-state index contributed by atoms with van der Waals surface area (Å²) in [6, 6.07) is 9.65. The highest BCUT2D eigenvalue weighted by molar-refractivity contribution is 8.12. The summed E-state index contributed by atoms with van der Waals surface area (Å²) < 4.78 is 24.2. The largest absolute Gasteiger partial charge is 0.297 e. The number of rotatable bonds is 4. The van der Waals surface area contributed by atoms with Gasteiger partial charge in [0, 0.05) is 16.2 Å². The molecule has 0 bridgehead atoms. The quantitative estimate of drug-likeness (QED) is 0.828. The van der Waals surface area contributed by atoms with Crippen LogP contribution in [0.25, 0.3) is 0 Å². The predicted molar refractivity (Wildman–Crippen MR) is 62.1 cm³/mol. The van der Waals surface area contributed by atoms with Crippen molar-refractivity contribution in [2.75, 3.05) is 0 Å². The van der Waals surface area contributed by atoms with Crippen molar-refractivity contribution in [1.29, 1.82) is 0 Å². The van der Waals surface area contributed by atoms with Gasteiger partial charge in [-0.25, -0.2) is 0 Å². The Bertz CT molecular complexity index is 414. The Labute approximate surface area is 95.0 Å². The van der Waals surface area contributed by atoms with Gasteiger partial charge in [0.25, 0.3) is 9.24 Å². The predicted octanol–water partition coefficient (Wildman–Crippen LogP) is 2.08. The van der Waals surface area contributed by atoms with Gasteiger partial charge in [-0.1, -0.05) is 30.3 Å². The Morgan fingerprint density at radius 3 is 2.27 bits per heavy atom. The average molecular weight is 248 g/mol. The molecule has 1 aromatic carbocycles. The zero-order chi connectivity index (χ0) is 11.5. The van der Waals surface area contributed by atoms with Crippen LogP contribution in [0.1, 0.15) is 19.4 Å². The molecule has 0 aliphatic rings. The maximum Gasteiger partial charge on any atom is 0.297 e. The van der Waals surface area contributed by atoms with Crippen molar-refractivity contribution in [3.05, 3.63) is 35.9 Å². The molecule has 0 unspecified atom stereocenters. The van der Waals surface area contributed by atoms with E-state index in [1.54, 1.807) is 13.8 Å². The summed E-state index contributed by atoms with van der Waals surface area (Å²) in [5.41, 5.74) is 0.484. The van der Waals surface area contributed by atoms with Crippen molar-refractivity contribution < 1.29 is 8.42 Å². The van der Waals surface area contributed by atoms with Crippen LogP contribution in [0.15, 0.2) is 30.3 Å². The molecule has 0 atom stereocenters. The molecule has 0 amide bonds. The van der Waals surface area contributed by atoms with Gasteiger partial charge in [0.2, 0.25) is 0 Å². The summed E-state index contributed by atoms with van der Waals surface area (Å²) in [5, 5.41) is 0. The molecule has 0 aliphatic heterocycles. The molecule has 1 aromatic rings. The second-order valence-electron chi connectivity index (χ2n) is 4.09. The Morgan fingerprint density at radius 2 is 1.80 bits per heavy atom. The van der Waals surface area contributed by atoms with Crippen LogP contribution in [0.5, 0.6) is 0 Å². The smallest absolute Gasteiger partial charge is 0.196 e. The summed E-state index contributed by atoms with van der Waals surface area (Å²) in [5.74, 6) is 0. The van der Waals surface area contributed by atoms with Gasteiger partial charge in [0.15, 0.2) is 0 Å². The summed E-state index contributed by atoms with van der Waals surface area (Å²) >= 11 is 0. The van der Waals surface area contributed by atoms with Crippen LogP contribution in [0.4, 0.5) is 0 Å². The van der Waals surface area contributed by atoms with E-state index in [9.17, 15) is 8.42 Å². The first-order chi connectivity index (χ1) is 6.79. The monoisotopic (exact) mass is 247 g/mol. The molecule has 0 aromatic heterocycles. The van der Waals surface area contributed by atoms with Gasteiger partial charge in [-0.2, -0.15) is 13.1 Å². The lowest BCUT2D eigenvalue weighted by atomic mass is 9.96. The molecule has 0 saturated heterocycles. The molecule has 15 heavy (non-hydrogen) atoms. The number of nitrogens with one attached hydrogen (secondary N) is 1. The minimum atomic E-state index is -3.68. The number of halogens is 1. The second-order valence-corrected chi connectivity index (χ2v) is 6.38. The van der Waals surface area contributed by atoms with Gasteiger partial charge in [-0.15, -0.1) is 0 Å². The summed E-state index contributed by atoms with van der Waals surface area (Å²) in [6.07, 6.45) is 0.597. The van der Waals surface area contributed by atoms with Crippen LogP contribution < -0.4 is 4.72 Å². The molecule has 1 N–H and O–H groups in total. The molecule has 0 aliphatic carbocycles. The van der Waals surface area contributed by atoms with Gasteiger partial charge in [-0.05, 0) is 25.8 Å². The molecule has 0 radical (unpaired) electrons. The lowest BCUT2D eigenvalue weighted by molar-refractivity contribution is 0.456. The standard InChI is InChI=1S/C10H14ClNO2S/c1-10(2,12-15(11,13)14)8-9-6-4-3-5-7-9/h3-7,12H,8H2,1-2H3. The Morgan fingerprint density at radius 1 is 1.27 bits per heavy atom. The molecule has 84 valence electrons. The van der Waals surface area contributed by atoms with Gasteiger partial charge in [0.1, 0.15) is 0 Å². The molecular formula is C10H14ClNO2S. The van der Waals surface area contributed by atoms with Crippen molar-refractivity contribution in [3.8, 4) is 0 Å². The zero-order valence-electron chi connectivity index (χ0n) is 8.70. The van der Waals surface area contributed by atoms with Gasteiger partial charge >= 0.3 is 0 Å². The van der Waals surface area contributed by atoms with Crippen LogP contribution in [0, 0.1) is 0 Å². The number of hydrogen-bond acceptors (Lipinski definition) is 2. The van der Waals surface area contributed by atoms with E-state index >= 15 is 0 Å². The molecule has 5 heteroatoms. The molecule has 0 saturated carbocycles. The highest BCUT2D eigenvalue weighted by Crippen LogP contribution is 2.14. The fourth-order valence-electron chi connectivity index (χ4n) is 1.47. The average Bonchev–Trinajstić information content (AvgIpc) is 1.99. The van der Waals surface area contributed by atoms with Crippen LogP contribution in [0.2, 0.25) is 0 Å². The van der Waals surface area contributed by atoms with E-state index in [4.69, 9.17) is 10.7 Å². The van der Waals surface area contributed by atoms with Crippen LogP contribution in [0.3, 0.4) is 0 Å². The maximum absolute atomic E-state index is 10.9. The van der Waals surface area contributed by atoms with E-state index in [-0.39, 0.29) is 0 Å². The van der Waals surface area contributed by atoms with Crippen LogP contribution in [-0.2, 0) is 15.7 Å². The van der Waals surface area contributed by atoms with Crippen molar-refractivity contribution in [1.82, 2.24) is 4.72 Å². The van der Waals surface area contributed by atoms with Gasteiger partial charge in [0.05, 0.1) is 0 Å². The van der Waals surface area contributed by atoms with Crippen molar-refractivity contribution in [2.24, 2.45) is 0 Å². The Kier molecular flexibility index (Phi) is 3.76. The topological polar surface area (TPSA) is 46.2 Å². The molecule has 0 spiro atoms. The molecule has 3 nitrogen and oxygen atoms in total. The lowest BCUT2D eigenvalue weighted by Gasteiger charge is -2.24. The van der Waals surface area contributed by atoms with Gasteiger partial charge in [-0.3, -0.25) is 0 Å². The van der Waals surface area contributed by atoms with Crippen LogP contribution >= 0.6 is 10.7 Å². The summed E-state index contributed by atoms with van der Waals surface area (Å²) in [4.78, 5) is 0. The van der Waals surface area contributed by atoms with E-state index in [2.05, 4.69) is 4.72 Å². The second kappa shape index (κ2) is 4.51. The lowest BCUT2D eigenvalue weighted by Crippen LogP contribution is -2.42. The van der Waals surface area contributed by atoms with E-state index < -0.39 is 14.8 Å². The fraction of sp³-hybridized carbons (Fsp3) is 0.400. The van der Waals surface area contributed by atoms with Crippen molar-refractivity contribution in [3.63, 3.8) is 0 Å². The molecular weight excluding hydrogens is 234 g/mol. The minimum absolute atomic E-state index is 0.581. The maximum atomic E-state index is 10.9. The third-order valence-corrected chi connectivity index (χ3v) is 2.91. The SMILES string of the molecule is CC(C)(Cc1ccccc1)NS(=O)(=O)Cl. The molecule has 0 fully saturated rings. The summed E-state index contributed by atoms with van der Waals surface area (Å²) in [7, 11) is 1.47. The first kappa shape index (κ1) is 12.5. The van der Waals surface area contributed by atoms with Crippen LogP contribution in [-0.4, -0.2) is 14.0 Å². The first-order valence-corrected chi connectivity index (χ1v) is 6.87. The van der Waals surface area contributed by atoms with E-state index in [1.807, 2.05) is 30.3 Å². The van der Waals surface area contributed by atoms with E-state index in [0.29, 0.717) is 6.42 Å². The molecule has 1 rings (SSSR count). The normalized spacial score (nSPS) is 12.7. The minimum Gasteiger partial charge on any atom is -0.196 e. The third kappa shape index (κ3) is 5.16. The number of benzene rings is 1. The Hall–Kier alpha value is -0.580. The summed E-state index contributed by atoms with van der Waals surface area (Å²) in [6.45, 7) is 3.58. The third-order valence-electron chi connectivity index (χ3n) is 1.89. The number of hydrogen-bond donors (Lipinski definition) is 1. The highest BCUT2D eigenvalue weighted by Gasteiger charge is 2.23. The zero-order valence-corrected chi connectivity index (χ0v) is 10.3. The van der Waals surface area contributed by atoms with Crippen molar-refractivity contribution >= 4 is 19.9 Å². The molecule has 0 heterocycles. The fourth-order valence-corrected chi connectivity index (χ4v) is 2.83. The first-order valence-electron chi connectivity index (χ1n) is 4.56. The Balaban J connectivity index is 2.73. The van der Waals surface area contributed by atoms with E-state index in [0.717, 1.165) is 5.56 Å². The highest BCUT2D eigenvalue weighted by atomic mass is 35.7. The van der Waals surface area contributed by atoms with Gasteiger partial charge < -0.3 is 0 Å².